The minimum Gasteiger partial charge on any atom is -1.00 e. The van der Waals surface area contributed by atoms with Gasteiger partial charge >= 0.3 is 25.8 Å². The van der Waals surface area contributed by atoms with Crippen LogP contribution in [-0.2, 0) is 25.8 Å². The summed E-state index contributed by atoms with van der Waals surface area (Å²) in [6.07, 6.45) is 6.87. The topological polar surface area (TPSA) is 0 Å². The second kappa shape index (κ2) is 9.25. The van der Waals surface area contributed by atoms with Crippen molar-refractivity contribution in [2.24, 2.45) is 10.8 Å². The molecule has 0 aromatic carbocycles. The quantitative estimate of drug-likeness (QED) is 0.340. The van der Waals surface area contributed by atoms with E-state index in [0.29, 0.717) is 0 Å². The van der Waals surface area contributed by atoms with Crippen LogP contribution in [-0.4, -0.2) is 0 Å². The normalized spacial score (nSPS) is 20.4. The molecule has 2 aliphatic rings. The van der Waals surface area contributed by atoms with Crippen LogP contribution in [0, 0.1) is 23.0 Å². The van der Waals surface area contributed by atoms with Gasteiger partial charge in [0.25, 0.3) is 0 Å². The molecule has 0 unspecified atom stereocenters. The number of allylic oxidation sites excluding steroid dienone is 8. The number of halogens is 2. The molecule has 3 heteroatoms. The van der Waals surface area contributed by atoms with Crippen molar-refractivity contribution < 1.29 is 35.3 Å². The Balaban J connectivity index is -0.000000308. The third-order valence-corrected chi connectivity index (χ3v) is 5.12. The van der Waals surface area contributed by atoms with Crippen LogP contribution >= 0.6 is 0 Å². The van der Waals surface area contributed by atoms with Crippen LogP contribution in [0.2, 0.25) is 0 Å². The first-order chi connectivity index (χ1) is 8.90. The third kappa shape index (κ3) is 5.92. The molecule has 23 heavy (non-hydrogen) atoms. The molecule has 0 bridgehead atoms. The fourth-order valence-corrected chi connectivity index (χ4v) is 2.81. The summed E-state index contributed by atoms with van der Waals surface area (Å²) in [5, 5.41) is 0. The summed E-state index contributed by atoms with van der Waals surface area (Å²) in [6, 6.07) is 0. The molecule has 0 N–H and O–H groups in total. The SMILES string of the molecule is CC1=[C-]C(C)(C)C(C)=C1C.CC1=[C-]C(C)(C)C(C)=C1C.[F-].[F-].[Hf+4]. The average molecular weight is 487 g/mol. The fourth-order valence-electron chi connectivity index (χ4n) is 2.81. The molecule has 0 atom stereocenters. The zero-order chi connectivity index (χ0) is 15.9. The Labute approximate surface area is 160 Å². The van der Waals surface area contributed by atoms with Crippen molar-refractivity contribution in [3.8, 4) is 0 Å². The van der Waals surface area contributed by atoms with Gasteiger partial charge in [0.2, 0.25) is 0 Å². The zero-order valence-corrected chi connectivity index (χ0v) is 19.8. The van der Waals surface area contributed by atoms with E-state index in [9.17, 15) is 0 Å². The molecule has 0 aromatic rings. The Morgan fingerprint density at radius 1 is 0.565 bits per heavy atom. The molecule has 0 aliphatic heterocycles. The van der Waals surface area contributed by atoms with Crippen LogP contribution in [0.4, 0.5) is 0 Å². The van der Waals surface area contributed by atoms with E-state index >= 15 is 0 Å². The molecule has 0 radical (unpaired) electrons. The van der Waals surface area contributed by atoms with Crippen LogP contribution in [0.3, 0.4) is 0 Å². The van der Waals surface area contributed by atoms with E-state index in [1.165, 1.54) is 33.4 Å². The standard InChI is InChI=1S/2C10H15.2FH.Hf/c2*1-7-6-10(4,5)9(3)8(7)2;;;/h2*1-5H3;2*1H;/q2*-1;;;+4/p-2. The first-order valence-electron chi connectivity index (χ1n) is 7.50. The minimum atomic E-state index is 0. The van der Waals surface area contributed by atoms with E-state index in [0.717, 1.165) is 0 Å². The Morgan fingerprint density at radius 2 is 0.783 bits per heavy atom. The van der Waals surface area contributed by atoms with E-state index in [4.69, 9.17) is 0 Å². The van der Waals surface area contributed by atoms with Gasteiger partial charge in [0.05, 0.1) is 0 Å². The zero-order valence-electron chi connectivity index (χ0n) is 16.3. The van der Waals surface area contributed by atoms with Crippen LogP contribution < -0.4 is 9.41 Å². The molecule has 0 nitrogen and oxygen atoms in total. The summed E-state index contributed by atoms with van der Waals surface area (Å²) in [6.45, 7) is 21.8. The Hall–Kier alpha value is -0.310. The molecule has 128 valence electrons. The summed E-state index contributed by atoms with van der Waals surface area (Å²) >= 11 is 0. The summed E-state index contributed by atoms with van der Waals surface area (Å²) in [4.78, 5) is 0. The van der Waals surface area contributed by atoms with E-state index < -0.39 is 0 Å². The van der Waals surface area contributed by atoms with Crippen LogP contribution in [0.5, 0.6) is 0 Å². The fraction of sp³-hybridized carbons (Fsp3) is 0.600. The molecule has 0 spiro atoms. The monoisotopic (exact) mass is 488 g/mol. The predicted octanol–water partition coefficient (Wildman–Crippen LogP) is 0.230. The molecule has 0 fully saturated rings. The van der Waals surface area contributed by atoms with E-state index in [2.05, 4.69) is 81.4 Å². The van der Waals surface area contributed by atoms with Gasteiger partial charge in [0, 0.05) is 0 Å². The predicted molar refractivity (Wildman–Crippen MR) is 89.2 cm³/mol. The van der Waals surface area contributed by atoms with E-state index in [-0.39, 0.29) is 46.1 Å². The van der Waals surface area contributed by atoms with Gasteiger partial charge in [-0.1, -0.05) is 66.2 Å². The Kier molecular flexibility index (Phi) is 11.1. The largest absolute Gasteiger partial charge is 4.00 e. The van der Waals surface area contributed by atoms with Gasteiger partial charge in [-0.05, 0) is 0 Å². The number of rotatable bonds is 0. The molecule has 0 heterocycles. The molecule has 2 rings (SSSR count). The Morgan fingerprint density at radius 3 is 0.826 bits per heavy atom. The number of hydrogen-bond acceptors (Lipinski definition) is 0. The van der Waals surface area contributed by atoms with Gasteiger partial charge < -0.3 is 9.41 Å². The van der Waals surface area contributed by atoms with E-state index in [1.807, 2.05) is 0 Å². The first-order valence-corrected chi connectivity index (χ1v) is 7.50. The Bertz CT molecular complexity index is 494. The second-order valence-electron chi connectivity index (χ2n) is 7.25. The first kappa shape index (κ1) is 27.5. The van der Waals surface area contributed by atoms with E-state index in [1.54, 1.807) is 0 Å². The van der Waals surface area contributed by atoms with Gasteiger partial charge in [0.1, 0.15) is 0 Å². The molecule has 0 saturated carbocycles. The molecule has 0 saturated heterocycles. The molecule has 0 amide bonds. The van der Waals surface area contributed by atoms with Crippen molar-refractivity contribution in [2.75, 3.05) is 0 Å². The maximum absolute atomic E-state index is 3.44. The van der Waals surface area contributed by atoms with Crippen molar-refractivity contribution in [1.29, 1.82) is 0 Å². The van der Waals surface area contributed by atoms with Gasteiger partial charge in [-0.15, -0.1) is 13.8 Å². The van der Waals surface area contributed by atoms with Gasteiger partial charge in [-0.2, -0.15) is 22.3 Å². The van der Waals surface area contributed by atoms with Crippen molar-refractivity contribution in [1.82, 2.24) is 0 Å². The summed E-state index contributed by atoms with van der Waals surface area (Å²) < 4.78 is 0. The van der Waals surface area contributed by atoms with Crippen LogP contribution in [0.25, 0.3) is 0 Å². The van der Waals surface area contributed by atoms with Crippen molar-refractivity contribution >= 4 is 0 Å². The van der Waals surface area contributed by atoms with Gasteiger partial charge in [0.15, 0.2) is 0 Å². The minimum absolute atomic E-state index is 0. The smallest absolute Gasteiger partial charge is 1.00 e. The maximum atomic E-state index is 3.44. The van der Waals surface area contributed by atoms with Crippen molar-refractivity contribution in [3.05, 3.63) is 45.6 Å². The summed E-state index contributed by atoms with van der Waals surface area (Å²) in [5.74, 6) is 0. The van der Waals surface area contributed by atoms with Gasteiger partial charge in [-0.25, -0.2) is 11.1 Å². The van der Waals surface area contributed by atoms with Crippen LogP contribution in [0.1, 0.15) is 69.2 Å². The molecular weight excluding hydrogens is 457 g/mol. The van der Waals surface area contributed by atoms with Crippen LogP contribution in [0.15, 0.2) is 33.4 Å². The van der Waals surface area contributed by atoms with Crippen molar-refractivity contribution in [3.63, 3.8) is 0 Å². The maximum Gasteiger partial charge on any atom is 4.00 e. The third-order valence-electron chi connectivity index (χ3n) is 5.12. The molecular formula is C20H30F2Hf. The molecule has 2 aliphatic carbocycles. The summed E-state index contributed by atoms with van der Waals surface area (Å²) in [7, 11) is 0. The molecule has 0 aromatic heterocycles. The van der Waals surface area contributed by atoms with Crippen molar-refractivity contribution in [2.45, 2.75) is 69.2 Å². The average Bonchev–Trinajstić information content (AvgIpc) is 2.60. The number of hydrogen-bond donors (Lipinski definition) is 0. The summed E-state index contributed by atoms with van der Waals surface area (Å²) in [5.41, 5.74) is 8.79. The van der Waals surface area contributed by atoms with Gasteiger partial charge in [-0.3, -0.25) is 12.2 Å². The second-order valence-corrected chi connectivity index (χ2v) is 7.25.